The van der Waals surface area contributed by atoms with E-state index in [0.29, 0.717) is 5.75 Å². The van der Waals surface area contributed by atoms with Gasteiger partial charge in [-0.05, 0) is 42.0 Å². The lowest BCUT2D eigenvalue weighted by Gasteiger charge is -2.15. The third kappa shape index (κ3) is 3.48. The molecule has 3 aromatic carbocycles. The van der Waals surface area contributed by atoms with E-state index in [-0.39, 0.29) is 5.69 Å². The Morgan fingerprint density at radius 2 is 1.70 bits per heavy atom. The number of benzene rings is 3. The SMILES string of the molecule is CC(Oc1ccc2ccccc2c1)C(=O)Nc1ccccc1F. The highest BCUT2D eigenvalue weighted by Gasteiger charge is 2.16. The van der Waals surface area contributed by atoms with E-state index in [1.807, 2.05) is 42.5 Å². The summed E-state index contributed by atoms with van der Waals surface area (Å²) >= 11 is 0. The molecule has 0 aliphatic rings. The number of para-hydroxylation sites is 1. The number of anilines is 1. The van der Waals surface area contributed by atoms with Crippen LogP contribution in [0.3, 0.4) is 0 Å². The maximum Gasteiger partial charge on any atom is 0.265 e. The maximum atomic E-state index is 13.6. The van der Waals surface area contributed by atoms with E-state index in [9.17, 15) is 9.18 Å². The van der Waals surface area contributed by atoms with E-state index in [2.05, 4.69) is 5.32 Å². The van der Waals surface area contributed by atoms with Crippen molar-refractivity contribution in [1.82, 2.24) is 0 Å². The zero-order valence-electron chi connectivity index (χ0n) is 12.6. The lowest BCUT2D eigenvalue weighted by atomic mass is 10.1. The molecule has 0 spiro atoms. The van der Waals surface area contributed by atoms with Crippen molar-refractivity contribution in [2.45, 2.75) is 13.0 Å². The van der Waals surface area contributed by atoms with Gasteiger partial charge in [0.1, 0.15) is 11.6 Å². The predicted octanol–water partition coefficient (Wildman–Crippen LogP) is 4.38. The van der Waals surface area contributed by atoms with E-state index in [0.717, 1.165) is 10.8 Å². The summed E-state index contributed by atoms with van der Waals surface area (Å²) in [6, 6.07) is 19.6. The molecule has 116 valence electrons. The monoisotopic (exact) mass is 309 g/mol. The van der Waals surface area contributed by atoms with E-state index >= 15 is 0 Å². The molecule has 23 heavy (non-hydrogen) atoms. The van der Waals surface area contributed by atoms with E-state index < -0.39 is 17.8 Å². The quantitative estimate of drug-likeness (QED) is 0.776. The van der Waals surface area contributed by atoms with E-state index in [4.69, 9.17) is 4.74 Å². The number of carbonyl (C=O) groups excluding carboxylic acids is 1. The number of ether oxygens (including phenoxy) is 1. The minimum atomic E-state index is -0.740. The number of halogens is 1. The van der Waals surface area contributed by atoms with Crippen molar-refractivity contribution in [2.24, 2.45) is 0 Å². The first-order valence-electron chi connectivity index (χ1n) is 7.34. The molecule has 0 heterocycles. The fourth-order valence-corrected chi connectivity index (χ4v) is 2.30. The number of nitrogens with one attached hydrogen (secondary N) is 1. The Morgan fingerprint density at radius 1 is 1.00 bits per heavy atom. The first-order chi connectivity index (χ1) is 11.1. The van der Waals surface area contributed by atoms with Crippen LogP contribution < -0.4 is 10.1 Å². The zero-order chi connectivity index (χ0) is 16.2. The number of rotatable bonds is 4. The fraction of sp³-hybridized carbons (Fsp3) is 0.105. The van der Waals surface area contributed by atoms with Crippen LogP contribution in [0.2, 0.25) is 0 Å². The summed E-state index contributed by atoms with van der Waals surface area (Å²) in [6.45, 7) is 1.63. The minimum absolute atomic E-state index is 0.145. The summed E-state index contributed by atoms with van der Waals surface area (Å²) in [5.74, 6) is -0.276. The molecule has 1 N–H and O–H groups in total. The van der Waals surface area contributed by atoms with Crippen LogP contribution in [-0.2, 0) is 4.79 Å². The molecule has 4 heteroatoms. The number of hydrogen-bond acceptors (Lipinski definition) is 2. The van der Waals surface area contributed by atoms with Gasteiger partial charge in [0.05, 0.1) is 5.69 Å². The topological polar surface area (TPSA) is 38.3 Å². The molecule has 0 aliphatic carbocycles. The zero-order valence-corrected chi connectivity index (χ0v) is 12.6. The van der Waals surface area contributed by atoms with E-state index in [1.54, 1.807) is 19.1 Å². The Bertz CT molecular complexity index is 847. The molecule has 3 nitrogen and oxygen atoms in total. The molecule has 0 aliphatic heterocycles. The van der Waals surface area contributed by atoms with Gasteiger partial charge in [-0.15, -0.1) is 0 Å². The highest BCUT2D eigenvalue weighted by molar-refractivity contribution is 5.94. The second-order valence-electron chi connectivity index (χ2n) is 5.24. The molecule has 1 unspecified atom stereocenters. The van der Waals surface area contributed by atoms with Gasteiger partial charge in [-0.2, -0.15) is 0 Å². The summed E-state index contributed by atoms with van der Waals surface area (Å²) in [4.78, 5) is 12.1. The van der Waals surface area contributed by atoms with Gasteiger partial charge in [0.25, 0.3) is 5.91 Å². The minimum Gasteiger partial charge on any atom is -0.481 e. The molecule has 3 rings (SSSR count). The summed E-state index contributed by atoms with van der Waals surface area (Å²) in [6.07, 6.45) is -0.740. The third-order valence-corrected chi connectivity index (χ3v) is 3.53. The molecule has 0 aromatic heterocycles. The first kappa shape index (κ1) is 15.0. The highest BCUT2D eigenvalue weighted by atomic mass is 19.1. The second kappa shape index (κ2) is 6.48. The molecule has 1 atom stereocenters. The standard InChI is InChI=1S/C19H16FNO2/c1-13(19(22)21-18-9-5-4-8-17(18)20)23-16-11-10-14-6-2-3-7-15(14)12-16/h2-13H,1H3,(H,21,22). The van der Waals surface area contributed by atoms with Crippen LogP contribution in [0.25, 0.3) is 10.8 Å². The number of hydrogen-bond donors (Lipinski definition) is 1. The summed E-state index contributed by atoms with van der Waals surface area (Å²) in [5, 5.41) is 4.66. The van der Waals surface area contributed by atoms with Gasteiger partial charge < -0.3 is 10.1 Å². The van der Waals surface area contributed by atoms with Gasteiger partial charge in [0.2, 0.25) is 0 Å². The van der Waals surface area contributed by atoms with Crippen molar-refractivity contribution < 1.29 is 13.9 Å². The van der Waals surface area contributed by atoms with Crippen molar-refractivity contribution in [3.05, 3.63) is 72.5 Å². The predicted molar refractivity (Wildman–Crippen MR) is 89.1 cm³/mol. The average Bonchev–Trinajstić information content (AvgIpc) is 2.56. The maximum absolute atomic E-state index is 13.6. The lowest BCUT2D eigenvalue weighted by Crippen LogP contribution is -2.30. The normalized spacial score (nSPS) is 11.9. The van der Waals surface area contributed by atoms with Gasteiger partial charge in [0.15, 0.2) is 6.10 Å². The van der Waals surface area contributed by atoms with Crippen molar-refractivity contribution in [3.8, 4) is 5.75 Å². The van der Waals surface area contributed by atoms with Crippen LogP contribution in [0.15, 0.2) is 66.7 Å². The Balaban J connectivity index is 1.71. The third-order valence-electron chi connectivity index (χ3n) is 3.53. The molecule has 3 aromatic rings. The molecule has 0 radical (unpaired) electrons. The Kier molecular flexibility index (Phi) is 4.24. The summed E-state index contributed by atoms with van der Waals surface area (Å²) in [5.41, 5.74) is 0.145. The van der Waals surface area contributed by atoms with Gasteiger partial charge in [-0.1, -0.05) is 42.5 Å². The Labute approximate surface area is 133 Å². The van der Waals surface area contributed by atoms with E-state index in [1.165, 1.54) is 12.1 Å². The smallest absolute Gasteiger partial charge is 0.265 e. The molecule has 0 bridgehead atoms. The summed E-state index contributed by atoms with van der Waals surface area (Å²) in [7, 11) is 0. The van der Waals surface area contributed by atoms with Gasteiger partial charge >= 0.3 is 0 Å². The van der Waals surface area contributed by atoms with Gasteiger partial charge in [-0.3, -0.25) is 4.79 Å². The Hall–Kier alpha value is -2.88. The molecule has 1 amide bonds. The summed E-state index contributed by atoms with van der Waals surface area (Å²) < 4.78 is 19.2. The van der Waals surface area contributed by atoms with Crippen LogP contribution in [0, 0.1) is 5.82 Å². The van der Waals surface area contributed by atoms with Crippen molar-refractivity contribution >= 4 is 22.4 Å². The van der Waals surface area contributed by atoms with Crippen LogP contribution in [0.5, 0.6) is 5.75 Å². The first-order valence-corrected chi connectivity index (χ1v) is 7.34. The molecule has 0 saturated carbocycles. The highest BCUT2D eigenvalue weighted by Crippen LogP contribution is 2.22. The van der Waals surface area contributed by atoms with Gasteiger partial charge in [-0.25, -0.2) is 4.39 Å². The average molecular weight is 309 g/mol. The van der Waals surface area contributed by atoms with Crippen LogP contribution in [0.1, 0.15) is 6.92 Å². The van der Waals surface area contributed by atoms with Crippen molar-refractivity contribution in [2.75, 3.05) is 5.32 Å². The van der Waals surface area contributed by atoms with Crippen LogP contribution in [0.4, 0.5) is 10.1 Å². The Morgan fingerprint density at radius 3 is 2.48 bits per heavy atom. The number of carbonyl (C=O) groups is 1. The molecule has 0 saturated heterocycles. The lowest BCUT2D eigenvalue weighted by molar-refractivity contribution is -0.122. The number of amides is 1. The van der Waals surface area contributed by atoms with Crippen molar-refractivity contribution in [3.63, 3.8) is 0 Å². The molecular formula is C19H16FNO2. The second-order valence-corrected chi connectivity index (χ2v) is 5.24. The van der Waals surface area contributed by atoms with Crippen LogP contribution >= 0.6 is 0 Å². The largest absolute Gasteiger partial charge is 0.481 e. The molecule has 0 fully saturated rings. The fourth-order valence-electron chi connectivity index (χ4n) is 2.30. The van der Waals surface area contributed by atoms with Gasteiger partial charge in [0, 0.05) is 0 Å². The van der Waals surface area contributed by atoms with Crippen LogP contribution in [-0.4, -0.2) is 12.0 Å². The number of fused-ring (bicyclic) bond motifs is 1. The van der Waals surface area contributed by atoms with Crippen molar-refractivity contribution in [1.29, 1.82) is 0 Å². The molecular weight excluding hydrogens is 293 g/mol.